The molecule has 4 aliphatic carbocycles. The highest BCUT2D eigenvalue weighted by Crippen LogP contribution is 2.69. The maximum atomic E-state index is 13.2. The van der Waals surface area contributed by atoms with Gasteiger partial charge in [0.2, 0.25) is 11.8 Å². The second kappa shape index (κ2) is 21.5. The number of aliphatic hydroxyl groups is 2. The predicted octanol–water partition coefficient (Wildman–Crippen LogP) is 10.7. The minimum absolute atomic E-state index is 0.0572. The number of fused-ring (bicyclic) bond motifs is 5. The third-order valence-corrected chi connectivity index (χ3v) is 15.8. The van der Waals surface area contributed by atoms with Gasteiger partial charge in [-0.1, -0.05) is 102 Å². The summed E-state index contributed by atoms with van der Waals surface area (Å²) >= 11 is 0. The Kier molecular flexibility index (Phi) is 17.2. The van der Waals surface area contributed by atoms with Crippen LogP contribution in [-0.2, 0) is 9.59 Å². The van der Waals surface area contributed by atoms with Crippen LogP contribution in [0.2, 0.25) is 0 Å². The van der Waals surface area contributed by atoms with Crippen LogP contribution in [0.25, 0.3) is 0 Å². The van der Waals surface area contributed by atoms with Gasteiger partial charge in [-0.05, 0) is 155 Å². The fourth-order valence-corrected chi connectivity index (χ4v) is 12.8. The van der Waals surface area contributed by atoms with E-state index in [1.54, 1.807) is 0 Å². The molecule has 1 aliphatic heterocycles. The van der Waals surface area contributed by atoms with Crippen LogP contribution in [0.3, 0.4) is 0 Å². The lowest BCUT2D eigenvalue weighted by atomic mass is 9.41. The Balaban J connectivity index is 0.966. The Bertz CT molecular complexity index is 1400. The number of nitrogens with zero attached hydrogens (tertiary/aromatic N) is 1. The zero-order chi connectivity index (χ0) is 40.1. The van der Waals surface area contributed by atoms with E-state index in [1.807, 2.05) is 4.90 Å². The number of aliphatic hydroxyl groups excluding tert-OH is 2. The quantitative estimate of drug-likeness (QED) is 0.0901. The molecule has 0 aromatic heterocycles. The van der Waals surface area contributed by atoms with Crippen LogP contribution in [0, 0.1) is 52.3 Å². The molecule has 6 heteroatoms. The van der Waals surface area contributed by atoms with Crippen molar-refractivity contribution in [2.24, 2.45) is 52.3 Å². The number of unbranched alkanes of at least 4 members (excludes halogenated alkanes) is 1. The number of hydrogen-bond donors (Lipinski definition) is 3. The van der Waals surface area contributed by atoms with Gasteiger partial charge < -0.3 is 20.4 Å². The standard InChI is InChI=1S/C50H80N2O4/c1-6-8-9-10-11-12-13-14-15-16-17-18-19-20-21-22-23-24-46(55)52-34-31-38(36-52)51-45(54)28-25-37(3)41-26-27-42-47-43(30-33-49(41,42)4)50(5)32-29-39(53)35-44(50)40(7-2)48(47)56/h8-9,11-12,14-15,17-18,20-21,37-44,47-48,53,56H,6-7,10,13,16,19,22-36H2,1-5H3,(H,51,54)/b9-8-,12-11-,15-14-,18-17-,21-20-/t37-,38?,39-,40-,41?,42+,43+,44+,47+,48-,49-,50-/m1/s1. The van der Waals surface area contributed by atoms with Gasteiger partial charge in [-0.25, -0.2) is 0 Å². The summed E-state index contributed by atoms with van der Waals surface area (Å²) in [5.41, 5.74) is 0.443. The van der Waals surface area contributed by atoms with Crippen molar-refractivity contribution in [1.29, 1.82) is 0 Å². The molecule has 2 unspecified atom stereocenters. The van der Waals surface area contributed by atoms with Crippen molar-refractivity contribution < 1.29 is 19.8 Å². The minimum Gasteiger partial charge on any atom is -0.393 e. The molecular formula is C50H80N2O4. The second-order valence-electron chi connectivity index (χ2n) is 19.1. The van der Waals surface area contributed by atoms with Crippen molar-refractivity contribution >= 4 is 11.8 Å². The molecule has 0 radical (unpaired) electrons. The number of rotatable bonds is 19. The first-order valence-corrected chi connectivity index (χ1v) is 23.2. The van der Waals surface area contributed by atoms with Crippen molar-refractivity contribution in [3.05, 3.63) is 60.8 Å². The van der Waals surface area contributed by atoms with Gasteiger partial charge in [-0.15, -0.1) is 0 Å². The highest BCUT2D eigenvalue weighted by molar-refractivity contribution is 5.78. The van der Waals surface area contributed by atoms with Gasteiger partial charge in [-0.3, -0.25) is 9.59 Å². The molecule has 5 fully saturated rings. The Morgan fingerprint density at radius 1 is 0.768 bits per heavy atom. The van der Waals surface area contributed by atoms with Gasteiger partial charge in [0.1, 0.15) is 0 Å². The maximum absolute atomic E-state index is 13.2. The smallest absolute Gasteiger partial charge is 0.222 e. The molecule has 2 amide bonds. The van der Waals surface area contributed by atoms with E-state index in [0.29, 0.717) is 54.9 Å². The molecule has 1 saturated heterocycles. The summed E-state index contributed by atoms with van der Waals surface area (Å²) in [6, 6.07) is 0.0572. The van der Waals surface area contributed by atoms with E-state index in [0.717, 1.165) is 90.0 Å². The third-order valence-electron chi connectivity index (χ3n) is 15.8. The molecule has 1 heterocycles. The summed E-state index contributed by atoms with van der Waals surface area (Å²) in [6.07, 6.45) is 39.9. The fraction of sp³-hybridized carbons (Fsp3) is 0.760. The monoisotopic (exact) mass is 773 g/mol. The zero-order valence-corrected chi connectivity index (χ0v) is 36.1. The van der Waals surface area contributed by atoms with Crippen LogP contribution in [0.1, 0.15) is 157 Å². The van der Waals surface area contributed by atoms with Gasteiger partial charge in [0, 0.05) is 32.0 Å². The number of carbonyl (C=O) groups excluding carboxylic acids is 2. The minimum atomic E-state index is -0.264. The summed E-state index contributed by atoms with van der Waals surface area (Å²) in [5.74, 6) is 3.57. The van der Waals surface area contributed by atoms with Crippen LogP contribution in [-0.4, -0.2) is 58.3 Å². The van der Waals surface area contributed by atoms with E-state index in [9.17, 15) is 19.8 Å². The normalized spacial score (nSPS) is 36.6. The summed E-state index contributed by atoms with van der Waals surface area (Å²) < 4.78 is 0. The Labute approximate surface area is 341 Å². The molecule has 3 N–H and O–H groups in total. The average Bonchev–Trinajstić information content (AvgIpc) is 3.80. The van der Waals surface area contributed by atoms with Gasteiger partial charge in [0.15, 0.2) is 0 Å². The summed E-state index contributed by atoms with van der Waals surface area (Å²) in [7, 11) is 0. The molecule has 314 valence electrons. The lowest BCUT2D eigenvalue weighted by Crippen LogP contribution is -2.62. The van der Waals surface area contributed by atoms with Crippen molar-refractivity contribution in [2.75, 3.05) is 13.1 Å². The molecule has 0 aromatic rings. The topological polar surface area (TPSA) is 89.9 Å². The molecule has 56 heavy (non-hydrogen) atoms. The number of nitrogens with one attached hydrogen (secondary N) is 1. The molecule has 4 saturated carbocycles. The van der Waals surface area contributed by atoms with Crippen molar-refractivity contribution in [2.45, 2.75) is 175 Å². The SMILES string of the molecule is CC/C=C\C/C=C\C/C=C\C/C=C\C/C=C\CCCC(=O)N1CCC(NC(=O)CC[C@@H](C)C2CC[C@H]3[C@@H]4[C@H](O)[C@H](CC)[C@@H]5C[C@H](O)CC[C@]5(C)[C@H]4CC[C@]23C)C1. The van der Waals surface area contributed by atoms with Crippen LogP contribution < -0.4 is 5.32 Å². The lowest BCUT2D eigenvalue weighted by molar-refractivity contribution is -0.203. The molecular weight excluding hydrogens is 693 g/mol. The Hall–Kier alpha value is -2.44. The summed E-state index contributed by atoms with van der Waals surface area (Å²) in [4.78, 5) is 28.1. The molecule has 5 rings (SSSR count). The number of likely N-dealkylation sites (tertiary alicyclic amines) is 1. The van der Waals surface area contributed by atoms with E-state index in [4.69, 9.17) is 0 Å². The molecule has 0 spiro atoms. The third kappa shape index (κ3) is 11.0. The van der Waals surface area contributed by atoms with Gasteiger partial charge in [0.05, 0.1) is 12.2 Å². The Morgan fingerprint density at radius 2 is 1.39 bits per heavy atom. The van der Waals surface area contributed by atoms with E-state index >= 15 is 0 Å². The summed E-state index contributed by atoms with van der Waals surface area (Å²) in [5, 5.41) is 25.9. The van der Waals surface area contributed by atoms with E-state index in [1.165, 1.54) is 25.7 Å². The number of carbonyl (C=O) groups is 2. The van der Waals surface area contributed by atoms with Crippen LogP contribution >= 0.6 is 0 Å². The zero-order valence-electron chi connectivity index (χ0n) is 36.1. The fourth-order valence-electron chi connectivity index (χ4n) is 12.8. The second-order valence-corrected chi connectivity index (χ2v) is 19.1. The van der Waals surface area contributed by atoms with Gasteiger partial charge in [0.25, 0.3) is 0 Å². The van der Waals surface area contributed by atoms with Crippen LogP contribution in [0.5, 0.6) is 0 Å². The highest BCUT2D eigenvalue weighted by Gasteiger charge is 2.64. The number of amides is 2. The molecule has 5 aliphatic rings. The van der Waals surface area contributed by atoms with Crippen LogP contribution in [0.4, 0.5) is 0 Å². The predicted molar refractivity (Wildman–Crippen MR) is 232 cm³/mol. The van der Waals surface area contributed by atoms with Crippen molar-refractivity contribution in [3.63, 3.8) is 0 Å². The highest BCUT2D eigenvalue weighted by atomic mass is 16.3. The molecule has 12 atom stereocenters. The molecule has 6 nitrogen and oxygen atoms in total. The van der Waals surface area contributed by atoms with Gasteiger partial charge in [-0.2, -0.15) is 0 Å². The maximum Gasteiger partial charge on any atom is 0.222 e. The largest absolute Gasteiger partial charge is 0.393 e. The van der Waals surface area contributed by atoms with Crippen molar-refractivity contribution in [1.82, 2.24) is 10.2 Å². The molecule has 0 aromatic carbocycles. The Morgan fingerprint density at radius 3 is 2.05 bits per heavy atom. The number of hydrogen-bond acceptors (Lipinski definition) is 4. The number of allylic oxidation sites excluding steroid dienone is 10. The van der Waals surface area contributed by atoms with E-state index in [-0.39, 0.29) is 46.8 Å². The van der Waals surface area contributed by atoms with Crippen molar-refractivity contribution in [3.8, 4) is 0 Å². The summed E-state index contributed by atoms with van der Waals surface area (Å²) in [6.45, 7) is 13.2. The van der Waals surface area contributed by atoms with E-state index in [2.05, 4.69) is 101 Å². The molecule has 0 bridgehead atoms. The first-order chi connectivity index (χ1) is 27.0. The van der Waals surface area contributed by atoms with E-state index < -0.39 is 0 Å². The average molecular weight is 773 g/mol. The lowest BCUT2D eigenvalue weighted by Gasteiger charge is -2.64. The first kappa shape index (κ1) is 44.7. The van der Waals surface area contributed by atoms with Gasteiger partial charge >= 0.3 is 0 Å². The van der Waals surface area contributed by atoms with Crippen LogP contribution in [0.15, 0.2) is 60.8 Å². The first-order valence-electron chi connectivity index (χ1n) is 23.2.